The lowest BCUT2D eigenvalue weighted by atomic mass is 10.0. The number of anilines is 3. The van der Waals surface area contributed by atoms with Crippen molar-refractivity contribution in [3.63, 3.8) is 0 Å². The molecule has 10 nitrogen and oxygen atoms in total. The minimum absolute atomic E-state index is 0.0919. The van der Waals surface area contributed by atoms with E-state index in [4.69, 9.17) is 24.9 Å². The fourth-order valence-corrected chi connectivity index (χ4v) is 4.00. The van der Waals surface area contributed by atoms with Crippen molar-refractivity contribution < 1.29 is 23.0 Å². The molecule has 0 radical (unpaired) electrons. The van der Waals surface area contributed by atoms with Crippen molar-refractivity contribution in [2.24, 2.45) is 0 Å². The van der Waals surface area contributed by atoms with Gasteiger partial charge in [0, 0.05) is 32.0 Å². The zero-order valence-electron chi connectivity index (χ0n) is 19.0. The Hall–Kier alpha value is -2.70. The largest absolute Gasteiger partial charge is 0.383 e. The van der Waals surface area contributed by atoms with Gasteiger partial charge in [0.15, 0.2) is 5.82 Å². The van der Waals surface area contributed by atoms with E-state index in [1.54, 1.807) is 7.11 Å². The first-order valence-corrected chi connectivity index (χ1v) is 10.8. The van der Waals surface area contributed by atoms with Crippen LogP contribution in [0.1, 0.15) is 25.8 Å². The summed E-state index contributed by atoms with van der Waals surface area (Å²) in [5.74, 6) is 0.902. The van der Waals surface area contributed by atoms with E-state index in [0.717, 1.165) is 0 Å². The van der Waals surface area contributed by atoms with Gasteiger partial charge in [0.1, 0.15) is 5.82 Å². The summed E-state index contributed by atoms with van der Waals surface area (Å²) in [6, 6.07) is 1.19. The fourth-order valence-electron chi connectivity index (χ4n) is 4.00. The molecule has 0 aliphatic carbocycles. The van der Waals surface area contributed by atoms with E-state index >= 15 is 0 Å². The van der Waals surface area contributed by atoms with Crippen LogP contribution in [0.5, 0.6) is 0 Å². The lowest BCUT2D eigenvalue weighted by Crippen LogP contribution is -2.54. The maximum atomic E-state index is 13.5. The van der Waals surface area contributed by atoms with Crippen LogP contribution in [0.2, 0.25) is 0 Å². The molecule has 2 N–H and O–H groups in total. The number of rotatable bonds is 6. The molecule has 0 amide bonds. The first-order valence-electron chi connectivity index (χ1n) is 10.8. The number of pyridine rings is 1. The van der Waals surface area contributed by atoms with Crippen LogP contribution in [0.4, 0.5) is 26.5 Å². The number of nitrogens with two attached hydrogens (primary N) is 1. The average molecular weight is 466 g/mol. The summed E-state index contributed by atoms with van der Waals surface area (Å²) in [6.45, 7) is 7.67. The molecule has 2 aromatic rings. The number of nitrogen functional groups attached to an aromatic ring is 1. The van der Waals surface area contributed by atoms with Crippen LogP contribution in [0.15, 0.2) is 12.3 Å². The van der Waals surface area contributed by atoms with Crippen molar-refractivity contribution in [1.29, 1.82) is 0 Å². The molecule has 0 aromatic carbocycles. The Labute approximate surface area is 191 Å². The first-order chi connectivity index (χ1) is 15.8. The van der Waals surface area contributed by atoms with Gasteiger partial charge in [-0.05, 0) is 19.9 Å². The zero-order valence-corrected chi connectivity index (χ0v) is 19.0. The molecule has 4 heterocycles. The number of hydrogen-bond acceptors (Lipinski definition) is 10. The van der Waals surface area contributed by atoms with Gasteiger partial charge in [0.05, 0.1) is 50.2 Å². The third-order valence-electron chi connectivity index (χ3n) is 5.78. The fraction of sp³-hybridized carbons (Fsp3) is 0.619. The third-order valence-corrected chi connectivity index (χ3v) is 5.78. The number of morpholine rings is 2. The number of aromatic nitrogens is 4. The smallest absolute Gasteiger partial charge is 0.267 e. The number of ether oxygens (including phenoxy) is 3. The predicted molar refractivity (Wildman–Crippen MR) is 119 cm³/mol. The molecule has 0 bridgehead atoms. The highest BCUT2D eigenvalue weighted by Crippen LogP contribution is 2.31. The van der Waals surface area contributed by atoms with Crippen LogP contribution in [0, 0.1) is 0 Å². The van der Waals surface area contributed by atoms with Gasteiger partial charge in [-0.3, -0.25) is 0 Å². The van der Waals surface area contributed by atoms with Gasteiger partial charge in [-0.15, -0.1) is 0 Å². The van der Waals surface area contributed by atoms with Crippen LogP contribution in [0.3, 0.4) is 0 Å². The standard InChI is InChI=1S/C21H29F2N7O3/c1-21(2)12-33-7-5-30(21)20-27-18(13-8-15(16(22)23)17(24)25-9-13)26-19(28-20)29-4-6-32-11-14(29)10-31-3/h8-9,14,16H,4-7,10-12H2,1-3H3,(H2,24,25)/t14-/m1/s1. The maximum absolute atomic E-state index is 13.5. The van der Waals surface area contributed by atoms with Crippen molar-refractivity contribution >= 4 is 17.7 Å². The second-order valence-electron chi connectivity index (χ2n) is 8.65. The minimum Gasteiger partial charge on any atom is -0.383 e. The molecular formula is C21H29F2N7O3. The summed E-state index contributed by atoms with van der Waals surface area (Å²) >= 11 is 0. The van der Waals surface area contributed by atoms with Gasteiger partial charge in [0.2, 0.25) is 11.9 Å². The van der Waals surface area contributed by atoms with E-state index in [1.165, 1.54) is 12.3 Å². The Kier molecular flexibility index (Phi) is 6.86. The molecule has 2 fully saturated rings. The topological polar surface area (TPSA) is 112 Å². The van der Waals surface area contributed by atoms with Crippen LogP contribution in [-0.4, -0.2) is 84.8 Å². The van der Waals surface area contributed by atoms with Gasteiger partial charge in [-0.25, -0.2) is 13.8 Å². The number of methoxy groups -OCH3 is 1. The average Bonchev–Trinajstić information content (AvgIpc) is 2.79. The summed E-state index contributed by atoms with van der Waals surface area (Å²) in [7, 11) is 1.62. The second-order valence-corrected chi connectivity index (χ2v) is 8.65. The molecule has 180 valence electrons. The number of alkyl halides is 2. The van der Waals surface area contributed by atoms with Crippen molar-refractivity contribution in [2.75, 3.05) is 68.8 Å². The summed E-state index contributed by atoms with van der Waals surface area (Å²) < 4.78 is 43.5. The molecule has 2 aromatic heterocycles. The Balaban J connectivity index is 1.82. The van der Waals surface area contributed by atoms with Gasteiger partial charge >= 0.3 is 0 Å². The molecular weight excluding hydrogens is 436 g/mol. The van der Waals surface area contributed by atoms with Crippen molar-refractivity contribution in [3.8, 4) is 11.4 Å². The van der Waals surface area contributed by atoms with E-state index in [0.29, 0.717) is 63.6 Å². The predicted octanol–water partition coefficient (Wildman–Crippen LogP) is 1.92. The molecule has 33 heavy (non-hydrogen) atoms. The Bertz CT molecular complexity index is 977. The van der Waals surface area contributed by atoms with Crippen molar-refractivity contribution in [1.82, 2.24) is 19.9 Å². The van der Waals surface area contributed by atoms with E-state index in [-0.39, 0.29) is 28.8 Å². The highest BCUT2D eigenvalue weighted by Gasteiger charge is 2.34. The van der Waals surface area contributed by atoms with Crippen LogP contribution in [-0.2, 0) is 14.2 Å². The van der Waals surface area contributed by atoms with Gasteiger partial charge in [-0.2, -0.15) is 15.0 Å². The summed E-state index contributed by atoms with van der Waals surface area (Å²) in [4.78, 5) is 22.1. The monoisotopic (exact) mass is 465 g/mol. The second kappa shape index (κ2) is 9.65. The minimum atomic E-state index is -2.76. The number of nitrogens with zero attached hydrogens (tertiary/aromatic N) is 6. The van der Waals surface area contributed by atoms with E-state index in [2.05, 4.69) is 19.9 Å². The Morgan fingerprint density at radius 1 is 1.18 bits per heavy atom. The Morgan fingerprint density at radius 2 is 1.94 bits per heavy atom. The SMILES string of the molecule is COC[C@@H]1COCCN1c1nc(-c2cnc(N)c(C(F)F)c2)nc(N2CCOCC2(C)C)n1. The van der Waals surface area contributed by atoms with Crippen molar-refractivity contribution in [3.05, 3.63) is 17.8 Å². The molecule has 2 saturated heterocycles. The zero-order chi connectivity index (χ0) is 23.6. The molecule has 0 unspecified atom stereocenters. The molecule has 1 atom stereocenters. The third kappa shape index (κ3) is 4.97. The van der Waals surface area contributed by atoms with Gasteiger partial charge in [-0.1, -0.05) is 0 Å². The summed E-state index contributed by atoms with van der Waals surface area (Å²) in [5.41, 5.74) is 5.27. The quantitative estimate of drug-likeness (QED) is 0.679. The molecule has 2 aliphatic rings. The maximum Gasteiger partial charge on any atom is 0.267 e. The number of halogens is 2. The molecule has 2 aliphatic heterocycles. The molecule has 12 heteroatoms. The normalized spacial score (nSPS) is 21.0. The first kappa shape index (κ1) is 23.5. The summed E-state index contributed by atoms with van der Waals surface area (Å²) in [5, 5.41) is 0. The van der Waals surface area contributed by atoms with Crippen LogP contribution >= 0.6 is 0 Å². The lowest BCUT2D eigenvalue weighted by Gasteiger charge is -2.42. The number of hydrogen-bond donors (Lipinski definition) is 1. The van der Waals surface area contributed by atoms with E-state index in [1.807, 2.05) is 18.7 Å². The van der Waals surface area contributed by atoms with Crippen LogP contribution in [0.25, 0.3) is 11.4 Å². The van der Waals surface area contributed by atoms with Gasteiger partial charge in [0.25, 0.3) is 6.43 Å². The molecule has 0 spiro atoms. The van der Waals surface area contributed by atoms with E-state index < -0.39 is 6.43 Å². The van der Waals surface area contributed by atoms with Crippen LogP contribution < -0.4 is 15.5 Å². The Morgan fingerprint density at radius 3 is 2.67 bits per heavy atom. The lowest BCUT2D eigenvalue weighted by molar-refractivity contribution is 0.0590. The highest BCUT2D eigenvalue weighted by molar-refractivity contribution is 5.62. The van der Waals surface area contributed by atoms with Gasteiger partial charge < -0.3 is 29.7 Å². The summed E-state index contributed by atoms with van der Waals surface area (Å²) in [6.07, 6.45) is -1.36. The molecule has 0 saturated carbocycles. The highest BCUT2D eigenvalue weighted by atomic mass is 19.3. The molecule has 4 rings (SSSR count). The van der Waals surface area contributed by atoms with Crippen molar-refractivity contribution in [2.45, 2.75) is 31.9 Å². The van der Waals surface area contributed by atoms with E-state index in [9.17, 15) is 8.78 Å².